The van der Waals surface area contributed by atoms with Gasteiger partial charge in [0.15, 0.2) is 0 Å². The number of ether oxygens (including phenoxy) is 1. The van der Waals surface area contributed by atoms with Crippen molar-refractivity contribution in [2.75, 3.05) is 13.1 Å². The van der Waals surface area contributed by atoms with Crippen LogP contribution < -0.4 is 4.74 Å². The minimum absolute atomic E-state index is 0.00486. The fraction of sp³-hybridized carbons (Fsp3) is 0.727. The first kappa shape index (κ1) is 15.0. The highest BCUT2D eigenvalue weighted by molar-refractivity contribution is 5.58. The molecule has 0 radical (unpaired) electrons. The summed E-state index contributed by atoms with van der Waals surface area (Å²) in [7, 11) is 0. The van der Waals surface area contributed by atoms with Gasteiger partial charge in [-0.1, -0.05) is 18.6 Å². The van der Waals surface area contributed by atoms with Crippen molar-refractivity contribution in [2.24, 2.45) is 11.8 Å². The molecule has 3 unspecified atom stereocenters. The molecule has 0 aromatic heterocycles. The van der Waals surface area contributed by atoms with Crippen LogP contribution in [0.15, 0.2) is 12.1 Å². The molecular weight excluding hydrogens is 310 g/mol. The maximum Gasteiger partial charge on any atom is 0.135 e. The van der Waals surface area contributed by atoms with E-state index in [0.29, 0.717) is 12.0 Å². The first-order chi connectivity index (χ1) is 12.2. The zero-order valence-corrected chi connectivity index (χ0v) is 15.2. The van der Waals surface area contributed by atoms with Crippen LogP contribution in [0.2, 0.25) is 0 Å². The summed E-state index contributed by atoms with van der Waals surface area (Å²) in [6.45, 7) is 4.67. The number of hydrogen-bond acceptors (Lipinski definition) is 3. The monoisotopic (exact) mass is 339 g/mol. The Labute approximate surface area is 150 Å². The van der Waals surface area contributed by atoms with Gasteiger partial charge in [-0.25, -0.2) is 0 Å². The highest BCUT2D eigenvalue weighted by Crippen LogP contribution is 2.62. The summed E-state index contributed by atoms with van der Waals surface area (Å²) in [5.74, 6) is 2.73. The van der Waals surface area contributed by atoms with E-state index in [-0.39, 0.29) is 17.6 Å². The molecule has 2 saturated carbocycles. The van der Waals surface area contributed by atoms with E-state index in [4.69, 9.17) is 4.74 Å². The Balaban J connectivity index is 1.48. The molecule has 134 valence electrons. The van der Waals surface area contributed by atoms with Gasteiger partial charge in [0.1, 0.15) is 11.9 Å². The second kappa shape index (κ2) is 5.01. The molecule has 5 aliphatic rings. The molecule has 5 atom stereocenters. The summed E-state index contributed by atoms with van der Waals surface area (Å²) in [6, 6.07) is 5.26. The minimum Gasteiger partial charge on any atom is -0.486 e. The third kappa shape index (κ3) is 1.79. The lowest BCUT2D eigenvalue weighted by Gasteiger charge is -2.59. The van der Waals surface area contributed by atoms with Crippen molar-refractivity contribution in [3.05, 3.63) is 28.8 Å². The Morgan fingerprint density at radius 1 is 1.24 bits per heavy atom. The number of piperidine rings is 1. The van der Waals surface area contributed by atoms with E-state index in [1.807, 2.05) is 0 Å². The molecule has 3 nitrogen and oxygen atoms in total. The van der Waals surface area contributed by atoms with Crippen molar-refractivity contribution in [1.29, 1.82) is 0 Å². The summed E-state index contributed by atoms with van der Waals surface area (Å²) in [6.07, 6.45) is 8.44. The number of likely N-dealkylation sites (tertiary alicyclic amines) is 1. The Morgan fingerprint density at radius 3 is 2.92 bits per heavy atom. The molecule has 1 aromatic rings. The molecule has 1 spiro atoms. The van der Waals surface area contributed by atoms with E-state index in [9.17, 15) is 5.11 Å². The summed E-state index contributed by atoms with van der Waals surface area (Å²) in [5, 5.41) is 10.8. The van der Waals surface area contributed by atoms with Crippen LogP contribution in [0.1, 0.15) is 55.2 Å². The summed E-state index contributed by atoms with van der Waals surface area (Å²) in [4.78, 5) is 2.83. The van der Waals surface area contributed by atoms with E-state index in [0.717, 1.165) is 18.1 Å². The van der Waals surface area contributed by atoms with Gasteiger partial charge in [0.25, 0.3) is 0 Å². The molecule has 25 heavy (non-hydrogen) atoms. The molecule has 3 fully saturated rings. The number of aryl methyl sites for hydroxylation is 1. The van der Waals surface area contributed by atoms with E-state index >= 15 is 0 Å². The number of aliphatic hydroxyl groups excluding tert-OH is 1. The standard InChI is InChI=1S/C22H29NO2/c1-13-5-6-15-11-17-16-7-8-18(24)21-22(16,19(15)20(13)25-21)9-10-23(17)12-14-3-2-4-14/h5-6,14,16-18,21,24H,2-4,7-12H2,1H3/t16-,17+,18?,21?,22?/m1/s1. The van der Waals surface area contributed by atoms with Gasteiger partial charge in [-0.2, -0.15) is 0 Å². The summed E-state index contributed by atoms with van der Waals surface area (Å²) < 4.78 is 6.50. The maximum atomic E-state index is 10.8. The molecule has 0 amide bonds. The average molecular weight is 339 g/mol. The third-order valence-corrected chi connectivity index (χ3v) is 8.34. The van der Waals surface area contributed by atoms with Crippen LogP contribution >= 0.6 is 0 Å². The van der Waals surface area contributed by atoms with Crippen LogP contribution in [-0.2, 0) is 11.8 Å². The normalized spacial score (nSPS) is 41.8. The van der Waals surface area contributed by atoms with Crippen LogP contribution in [0.5, 0.6) is 5.75 Å². The fourth-order valence-electron chi connectivity index (χ4n) is 6.98. The van der Waals surface area contributed by atoms with Crippen molar-refractivity contribution in [3.63, 3.8) is 0 Å². The first-order valence-corrected chi connectivity index (χ1v) is 10.4. The van der Waals surface area contributed by atoms with E-state index in [1.165, 1.54) is 68.3 Å². The smallest absolute Gasteiger partial charge is 0.135 e. The predicted octanol–water partition coefficient (Wildman–Crippen LogP) is 3.20. The molecule has 2 aliphatic heterocycles. The Bertz CT molecular complexity index is 727. The molecular formula is C22H29NO2. The highest BCUT2D eigenvalue weighted by Gasteiger charge is 2.65. The second-order valence-electron chi connectivity index (χ2n) is 9.39. The molecule has 3 heteroatoms. The van der Waals surface area contributed by atoms with E-state index in [1.54, 1.807) is 0 Å². The lowest BCUT2D eigenvalue weighted by atomic mass is 9.51. The van der Waals surface area contributed by atoms with Crippen molar-refractivity contribution in [3.8, 4) is 5.75 Å². The largest absolute Gasteiger partial charge is 0.486 e. The quantitative estimate of drug-likeness (QED) is 0.898. The molecule has 2 bridgehead atoms. The third-order valence-electron chi connectivity index (χ3n) is 8.34. The number of hydrogen-bond donors (Lipinski definition) is 1. The van der Waals surface area contributed by atoms with Crippen LogP contribution in [0, 0.1) is 18.8 Å². The number of benzene rings is 1. The van der Waals surface area contributed by atoms with Crippen LogP contribution in [0.25, 0.3) is 0 Å². The van der Waals surface area contributed by atoms with Gasteiger partial charge in [0.05, 0.1) is 6.10 Å². The van der Waals surface area contributed by atoms with Gasteiger partial charge in [-0.3, -0.25) is 4.90 Å². The van der Waals surface area contributed by atoms with Crippen molar-refractivity contribution < 1.29 is 9.84 Å². The molecule has 3 aliphatic carbocycles. The Hall–Kier alpha value is -1.06. The van der Waals surface area contributed by atoms with E-state index in [2.05, 4.69) is 24.0 Å². The number of aliphatic hydroxyl groups is 1. The predicted molar refractivity (Wildman–Crippen MR) is 97.0 cm³/mol. The zero-order chi connectivity index (χ0) is 16.8. The molecule has 1 saturated heterocycles. The van der Waals surface area contributed by atoms with Gasteiger partial charge < -0.3 is 9.84 Å². The van der Waals surface area contributed by atoms with Crippen LogP contribution in [0.4, 0.5) is 0 Å². The summed E-state index contributed by atoms with van der Waals surface area (Å²) in [5.41, 5.74) is 4.36. The van der Waals surface area contributed by atoms with Crippen molar-refractivity contribution in [1.82, 2.24) is 4.90 Å². The minimum atomic E-state index is -0.298. The SMILES string of the molecule is Cc1ccc2c3c1OC1C(O)CC[C@@H]4[C@H](C2)N(CC2CCC2)CCC314. The van der Waals surface area contributed by atoms with Gasteiger partial charge in [-0.05, 0) is 75.0 Å². The molecule has 1 N–H and O–H groups in total. The highest BCUT2D eigenvalue weighted by atomic mass is 16.5. The molecule has 6 rings (SSSR count). The fourth-order valence-corrected chi connectivity index (χ4v) is 6.98. The number of rotatable bonds is 2. The van der Waals surface area contributed by atoms with Crippen molar-refractivity contribution >= 4 is 0 Å². The Morgan fingerprint density at radius 2 is 2.12 bits per heavy atom. The summed E-state index contributed by atoms with van der Waals surface area (Å²) >= 11 is 0. The van der Waals surface area contributed by atoms with Gasteiger partial charge in [0, 0.05) is 23.6 Å². The van der Waals surface area contributed by atoms with Gasteiger partial charge >= 0.3 is 0 Å². The van der Waals surface area contributed by atoms with Crippen LogP contribution in [0.3, 0.4) is 0 Å². The number of nitrogens with zero attached hydrogens (tertiary/aromatic N) is 1. The van der Waals surface area contributed by atoms with Gasteiger partial charge in [-0.15, -0.1) is 0 Å². The van der Waals surface area contributed by atoms with E-state index < -0.39 is 0 Å². The lowest BCUT2D eigenvalue weighted by molar-refractivity contribution is -0.107. The lowest BCUT2D eigenvalue weighted by Crippen LogP contribution is -2.67. The van der Waals surface area contributed by atoms with Gasteiger partial charge in [0.2, 0.25) is 0 Å². The average Bonchev–Trinajstić information content (AvgIpc) is 2.92. The van der Waals surface area contributed by atoms with Crippen LogP contribution in [-0.4, -0.2) is 41.3 Å². The van der Waals surface area contributed by atoms with Crippen molar-refractivity contribution in [2.45, 2.75) is 75.5 Å². The maximum absolute atomic E-state index is 10.8. The topological polar surface area (TPSA) is 32.7 Å². The first-order valence-electron chi connectivity index (χ1n) is 10.4. The second-order valence-corrected chi connectivity index (χ2v) is 9.39. The molecule has 2 heterocycles. The Kier molecular flexibility index (Phi) is 3.02. The molecule has 1 aromatic carbocycles. The zero-order valence-electron chi connectivity index (χ0n) is 15.2.